The van der Waals surface area contributed by atoms with E-state index in [0.29, 0.717) is 0 Å². The average Bonchev–Trinajstić information content (AvgIpc) is 2.31. The summed E-state index contributed by atoms with van der Waals surface area (Å²) in [7, 11) is 0. The molecule has 0 unspecified atom stereocenters. The molecule has 0 fully saturated rings. The molecule has 0 atom stereocenters. The van der Waals surface area contributed by atoms with Crippen molar-refractivity contribution in [3.05, 3.63) is 35.4 Å². The van der Waals surface area contributed by atoms with Crippen LogP contribution in [0.3, 0.4) is 0 Å². The molecule has 1 aromatic carbocycles. The Kier molecular flexibility index (Phi) is 6.74. The molecule has 0 aliphatic heterocycles. The minimum Gasteiger partial charge on any atom is -0.371 e. The number of alkyl halides is 2. The van der Waals surface area contributed by atoms with Crippen LogP contribution in [0.1, 0.15) is 18.1 Å². The Morgan fingerprint density at radius 3 is 2.59 bits per heavy atom. The van der Waals surface area contributed by atoms with Gasteiger partial charge in [-0.15, -0.1) is 0 Å². The van der Waals surface area contributed by atoms with Gasteiger partial charge in [-0.3, -0.25) is 0 Å². The molecule has 0 aromatic heterocycles. The van der Waals surface area contributed by atoms with Crippen molar-refractivity contribution in [3.63, 3.8) is 0 Å². The summed E-state index contributed by atoms with van der Waals surface area (Å²) in [4.78, 5) is 0. The Balaban J connectivity index is 2.46. The Morgan fingerprint density at radius 1 is 1.24 bits per heavy atom. The fraction of sp³-hybridized carbons (Fsp3) is 0.538. The number of likely N-dealkylation sites (N-methyl/N-ethyl adjacent to an activating group) is 1. The van der Waals surface area contributed by atoms with Crippen LogP contribution in [0, 0.1) is 0 Å². The van der Waals surface area contributed by atoms with Crippen LogP contribution in [0.5, 0.6) is 0 Å². The minimum atomic E-state index is -2.40. The fourth-order valence-corrected chi connectivity index (χ4v) is 1.60. The maximum atomic E-state index is 12.0. The molecule has 0 heterocycles. The maximum Gasteiger partial charge on any atom is 0.261 e. The summed E-state index contributed by atoms with van der Waals surface area (Å²) in [6.45, 7) is 3.64. The number of hydrogen-bond acceptors (Lipinski definition) is 2. The molecule has 0 spiro atoms. The highest BCUT2D eigenvalue weighted by atomic mass is 19.3. The van der Waals surface area contributed by atoms with Gasteiger partial charge in [0.2, 0.25) is 0 Å². The minimum absolute atomic E-state index is 0.257. The van der Waals surface area contributed by atoms with Crippen LogP contribution in [0.25, 0.3) is 0 Å². The van der Waals surface area contributed by atoms with Crippen LogP contribution in [0.4, 0.5) is 8.78 Å². The number of hydrogen-bond donors (Lipinski definition) is 1. The zero-order valence-electron chi connectivity index (χ0n) is 10.1. The summed E-state index contributed by atoms with van der Waals surface area (Å²) in [6.07, 6.45) is -1.51. The summed E-state index contributed by atoms with van der Waals surface area (Å²) in [5, 5.41) is 3.24. The molecule has 0 radical (unpaired) electrons. The molecule has 0 aliphatic rings. The van der Waals surface area contributed by atoms with Gasteiger partial charge in [-0.2, -0.15) is 0 Å². The molecule has 0 saturated heterocycles. The second-order valence-corrected chi connectivity index (χ2v) is 3.78. The predicted octanol–water partition coefficient (Wildman–Crippen LogP) is 2.62. The number of ether oxygens (including phenoxy) is 1. The lowest BCUT2D eigenvalue weighted by Crippen LogP contribution is -2.17. The Hall–Kier alpha value is -1.00. The van der Waals surface area contributed by atoms with Crippen LogP contribution < -0.4 is 5.32 Å². The first-order valence-electron chi connectivity index (χ1n) is 5.87. The van der Waals surface area contributed by atoms with Crippen LogP contribution in [-0.4, -0.2) is 26.1 Å². The average molecular weight is 243 g/mol. The lowest BCUT2D eigenvalue weighted by molar-refractivity contribution is 0.00966. The topological polar surface area (TPSA) is 21.3 Å². The molecule has 1 rings (SSSR count). The van der Waals surface area contributed by atoms with Gasteiger partial charge >= 0.3 is 0 Å². The van der Waals surface area contributed by atoms with Crippen LogP contribution in [-0.2, 0) is 17.8 Å². The summed E-state index contributed by atoms with van der Waals surface area (Å²) < 4.78 is 28.9. The van der Waals surface area contributed by atoms with Gasteiger partial charge in [0.25, 0.3) is 6.43 Å². The van der Waals surface area contributed by atoms with Gasteiger partial charge in [0.05, 0.1) is 6.61 Å². The molecule has 96 valence electrons. The van der Waals surface area contributed by atoms with E-state index in [-0.39, 0.29) is 6.61 Å². The Morgan fingerprint density at radius 2 is 1.94 bits per heavy atom. The highest BCUT2D eigenvalue weighted by Crippen LogP contribution is 2.11. The SMILES string of the molecule is CCNCCc1ccccc1COCC(F)F. The van der Waals surface area contributed by atoms with Crippen molar-refractivity contribution in [2.24, 2.45) is 0 Å². The van der Waals surface area contributed by atoms with Crippen molar-refractivity contribution in [3.8, 4) is 0 Å². The predicted molar refractivity (Wildman–Crippen MR) is 64.3 cm³/mol. The van der Waals surface area contributed by atoms with Crippen LogP contribution >= 0.6 is 0 Å². The zero-order chi connectivity index (χ0) is 12.5. The maximum absolute atomic E-state index is 12.0. The molecule has 2 nitrogen and oxygen atoms in total. The second kappa shape index (κ2) is 8.14. The van der Waals surface area contributed by atoms with E-state index in [2.05, 4.69) is 12.2 Å². The normalized spacial score (nSPS) is 11.1. The number of rotatable bonds is 8. The first kappa shape index (κ1) is 14.1. The van der Waals surface area contributed by atoms with Crippen molar-refractivity contribution in [2.45, 2.75) is 26.4 Å². The summed E-state index contributed by atoms with van der Waals surface area (Å²) >= 11 is 0. The van der Waals surface area contributed by atoms with Crippen LogP contribution in [0.2, 0.25) is 0 Å². The molecule has 0 aliphatic carbocycles. The first-order valence-corrected chi connectivity index (χ1v) is 5.87. The molecular formula is C13H19F2NO. The van der Waals surface area contributed by atoms with E-state index >= 15 is 0 Å². The number of nitrogens with one attached hydrogen (secondary N) is 1. The van der Waals surface area contributed by atoms with Gasteiger partial charge in [-0.05, 0) is 30.6 Å². The lowest BCUT2D eigenvalue weighted by atomic mass is 10.1. The molecule has 1 N–H and O–H groups in total. The van der Waals surface area contributed by atoms with Crippen molar-refractivity contribution >= 4 is 0 Å². The molecule has 1 aromatic rings. The van der Waals surface area contributed by atoms with E-state index in [9.17, 15) is 8.78 Å². The Bertz CT molecular complexity index is 318. The third-order valence-corrected chi connectivity index (χ3v) is 2.44. The third kappa shape index (κ3) is 5.75. The molecule has 0 saturated carbocycles. The third-order valence-electron chi connectivity index (χ3n) is 2.44. The molecule has 17 heavy (non-hydrogen) atoms. The molecule has 0 amide bonds. The number of benzene rings is 1. The van der Waals surface area contributed by atoms with E-state index in [0.717, 1.165) is 30.6 Å². The van der Waals surface area contributed by atoms with E-state index in [4.69, 9.17) is 4.74 Å². The smallest absolute Gasteiger partial charge is 0.261 e. The Labute approximate surface area is 101 Å². The summed E-state index contributed by atoms with van der Waals surface area (Å²) in [6, 6.07) is 7.79. The highest BCUT2D eigenvalue weighted by molar-refractivity contribution is 5.26. The van der Waals surface area contributed by atoms with Gasteiger partial charge in [0, 0.05) is 0 Å². The standard InChI is InChI=1S/C13H19F2NO/c1-2-16-8-7-11-5-3-4-6-12(11)9-17-10-13(14)15/h3-6,13,16H,2,7-10H2,1H3. The van der Waals surface area contributed by atoms with E-state index in [1.807, 2.05) is 24.3 Å². The molecule has 4 heteroatoms. The fourth-order valence-electron chi connectivity index (χ4n) is 1.60. The van der Waals surface area contributed by atoms with E-state index in [1.54, 1.807) is 0 Å². The second-order valence-electron chi connectivity index (χ2n) is 3.78. The van der Waals surface area contributed by atoms with Gasteiger partial charge in [-0.1, -0.05) is 31.2 Å². The molecular weight excluding hydrogens is 224 g/mol. The van der Waals surface area contributed by atoms with Gasteiger partial charge in [0.15, 0.2) is 0 Å². The summed E-state index contributed by atoms with van der Waals surface area (Å²) in [5.41, 5.74) is 2.15. The highest BCUT2D eigenvalue weighted by Gasteiger charge is 2.05. The van der Waals surface area contributed by atoms with E-state index < -0.39 is 13.0 Å². The van der Waals surface area contributed by atoms with Gasteiger partial charge in [-0.25, -0.2) is 8.78 Å². The van der Waals surface area contributed by atoms with Crippen molar-refractivity contribution in [1.82, 2.24) is 5.32 Å². The zero-order valence-corrected chi connectivity index (χ0v) is 10.1. The monoisotopic (exact) mass is 243 g/mol. The summed E-state index contributed by atoms with van der Waals surface area (Å²) in [5.74, 6) is 0. The molecule has 0 bridgehead atoms. The van der Waals surface area contributed by atoms with Crippen molar-refractivity contribution in [1.29, 1.82) is 0 Å². The van der Waals surface area contributed by atoms with Crippen molar-refractivity contribution in [2.75, 3.05) is 19.7 Å². The van der Waals surface area contributed by atoms with E-state index in [1.165, 1.54) is 0 Å². The van der Waals surface area contributed by atoms with Crippen molar-refractivity contribution < 1.29 is 13.5 Å². The van der Waals surface area contributed by atoms with Gasteiger partial charge < -0.3 is 10.1 Å². The number of halogens is 2. The lowest BCUT2D eigenvalue weighted by Gasteiger charge is -2.10. The van der Waals surface area contributed by atoms with Gasteiger partial charge in [0.1, 0.15) is 6.61 Å². The first-order chi connectivity index (χ1) is 8.24. The van der Waals surface area contributed by atoms with Crippen LogP contribution in [0.15, 0.2) is 24.3 Å². The largest absolute Gasteiger partial charge is 0.371 e. The quantitative estimate of drug-likeness (QED) is 0.709.